The van der Waals surface area contributed by atoms with E-state index in [1.807, 2.05) is 0 Å². The van der Waals surface area contributed by atoms with Crippen LogP contribution < -0.4 is 5.73 Å². The zero-order chi connectivity index (χ0) is 18.0. The average Bonchev–Trinajstić information content (AvgIpc) is 3.00. The third kappa shape index (κ3) is 3.60. The number of anilines is 1. The lowest BCUT2D eigenvalue weighted by Gasteiger charge is -2.06. The maximum atomic E-state index is 12.4. The minimum Gasteiger partial charge on any atom is -0.462 e. The van der Waals surface area contributed by atoms with Crippen LogP contribution in [0.5, 0.6) is 0 Å². The number of carbonyl (C=O) groups excluding carboxylic acids is 1. The number of esters is 1. The van der Waals surface area contributed by atoms with Crippen LogP contribution in [0.15, 0.2) is 36.5 Å². The minimum atomic E-state index is -0.465. The van der Waals surface area contributed by atoms with Crippen LogP contribution in [0.4, 0.5) is 5.95 Å². The van der Waals surface area contributed by atoms with Crippen molar-refractivity contribution in [2.75, 3.05) is 12.3 Å². The van der Waals surface area contributed by atoms with Crippen molar-refractivity contribution in [3.8, 4) is 22.6 Å². The summed E-state index contributed by atoms with van der Waals surface area (Å²) in [7, 11) is 0. The minimum absolute atomic E-state index is 0.135. The number of aromatic amines is 1. The Labute approximate surface area is 154 Å². The highest BCUT2D eigenvalue weighted by Crippen LogP contribution is 2.34. The summed E-state index contributed by atoms with van der Waals surface area (Å²) in [6, 6.07) is 8.37. The van der Waals surface area contributed by atoms with Crippen molar-refractivity contribution in [2.45, 2.75) is 6.92 Å². The van der Waals surface area contributed by atoms with Crippen LogP contribution in [-0.4, -0.2) is 27.5 Å². The summed E-state index contributed by atoms with van der Waals surface area (Å²) in [4.78, 5) is 23.6. The topological polar surface area (TPSA) is 93.9 Å². The molecule has 0 aliphatic heterocycles. The molecule has 0 saturated heterocycles. The Morgan fingerprint density at radius 2 is 2.08 bits per heavy atom. The van der Waals surface area contributed by atoms with Gasteiger partial charge in [0, 0.05) is 16.8 Å². The zero-order valence-electron chi connectivity index (χ0n) is 13.2. The van der Waals surface area contributed by atoms with Gasteiger partial charge < -0.3 is 15.5 Å². The second-order valence-corrected chi connectivity index (χ2v) is 5.96. The molecule has 6 nitrogen and oxygen atoms in total. The zero-order valence-corrected chi connectivity index (χ0v) is 14.7. The molecule has 1 aromatic carbocycles. The SMILES string of the molecule is CCOC(=O)c1cc(-c2ccnc(N)n2)[nH]c1-c1ccc(Cl)cc1Cl. The smallest absolute Gasteiger partial charge is 0.340 e. The van der Waals surface area contributed by atoms with Crippen LogP contribution in [0, 0.1) is 0 Å². The van der Waals surface area contributed by atoms with Gasteiger partial charge in [-0.05, 0) is 37.3 Å². The standard InChI is InChI=1S/C17H14Cl2N4O2/c1-2-25-16(24)11-8-14(13-5-6-21-17(20)23-13)22-15(11)10-4-3-9(18)7-12(10)19/h3-8,22H,2H2,1H3,(H2,20,21,23). The van der Waals surface area contributed by atoms with Crippen LogP contribution >= 0.6 is 23.2 Å². The summed E-state index contributed by atoms with van der Waals surface area (Å²) in [5.41, 5.74) is 8.28. The fourth-order valence-electron chi connectivity index (χ4n) is 2.39. The van der Waals surface area contributed by atoms with Gasteiger partial charge in [0.25, 0.3) is 0 Å². The first kappa shape index (κ1) is 17.3. The van der Waals surface area contributed by atoms with Gasteiger partial charge >= 0.3 is 5.97 Å². The van der Waals surface area contributed by atoms with Gasteiger partial charge in [0.15, 0.2) is 0 Å². The van der Waals surface area contributed by atoms with E-state index in [1.165, 1.54) is 6.20 Å². The molecule has 2 aromatic heterocycles. The van der Waals surface area contributed by atoms with Gasteiger partial charge in [0.2, 0.25) is 5.95 Å². The molecule has 8 heteroatoms. The number of nitrogens with two attached hydrogens (primary N) is 1. The van der Waals surface area contributed by atoms with Gasteiger partial charge in [-0.1, -0.05) is 23.2 Å². The van der Waals surface area contributed by atoms with Crippen molar-refractivity contribution >= 4 is 35.1 Å². The lowest BCUT2D eigenvalue weighted by molar-refractivity contribution is 0.0527. The van der Waals surface area contributed by atoms with E-state index in [1.54, 1.807) is 37.3 Å². The summed E-state index contributed by atoms with van der Waals surface area (Å²) in [5, 5.41) is 0.912. The van der Waals surface area contributed by atoms with Crippen molar-refractivity contribution in [2.24, 2.45) is 0 Å². The fraction of sp³-hybridized carbons (Fsp3) is 0.118. The number of hydrogen-bond donors (Lipinski definition) is 2. The maximum Gasteiger partial charge on any atom is 0.340 e. The predicted molar refractivity (Wildman–Crippen MR) is 97.6 cm³/mol. The molecule has 0 aliphatic carbocycles. The second-order valence-electron chi connectivity index (χ2n) is 5.12. The number of H-pyrrole nitrogens is 1. The molecule has 3 rings (SSSR count). The molecule has 0 fully saturated rings. The largest absolute Gasteiger partial charge is 0.462 e. The third-order valence-corrected chi connectivity index (χ3v) is 4.01. The van der Waals surface area contributed by atoms with Crippen LogP contribution in [-0.2, 0) is 4.74 Å². The van der Waals surface area contributed by atoms with Crippen molar-refractivity contribution < 1.29 is 9.53 Å². The molecule has 3 aromatic rings. The van der Waals surface area contributed by atoms with E-state index in [2.05, 4.69) is 15.0 Å². The van der Waals surface area contributed by atoms with Gasteiger partial charge in [0.1, 0.15) is 0 Å². The normalized spacial score (nSPS) is 10.7. The highest BCUT2D eigenvalue weighted by atomic mass is 35.5. The number of nitrogens with zero attached hydrogens (tertiary/aromatic N) is 2. The van der Waals surface area contributed by atoms with Crippen LogP contribution in [0.3, 0.4) is 0 Å². The molecular formula is C17H14Cl2N4O2. The number of ether oxygens (including phenoxy) is 1. The highest BCUT2D eigenvalue weighted by molar-refractivity contribution is 6.36. The van der Waals surface area contributed by atoms with E-state index in [9.17, 15) is 4.79 Å². The Morgan fingerprint density at radius 1 is 1.28 bits per heavy atom. The van der Waals surface area contributed by atoms with E-state index in [4.69, 9.17) is 33.7 Å². The molecule has 128 valence electrons. The first-order valence-corrected chi connectivity index (χ1v) is 8.19. The quantitative estimate of drug-likeness (QED) is 0.665. The number of nitrogens with one attached hydrogen (secondary N) is 1. The van der Waals surface area contributed by atoms with Crippen molar-refractivity contribution in [1.82, 2.24) is 15.0 Å². The van der Waals surface area contributed by atoms with Gasteiger partial charge in [-0.15, -0.1) is 0 Å². The number of carbonyl (C=O) groups is 1. The van der Waals surface area contributed by atoms with Gasteiger partial charge in [-0.2, -0.15) is 0 Å². The number of rotatable bonds is 4. The van der Waals surface area contributed by atoms with Gasteiger partial charge in [0.05, 0.1) is 34.3 Å². The first-order chi connectivity index (χ1) is 12.0. The van der Waals surface area contributed by atoms with Crippen molar-refractivity contribution in [3.05, 3.63) is 52.1 Å². The molecule has 0 amide bonds. The van der Waals surface area contributed by atoms with Gasteiger partial charge in [-0.25, -0.2) is 14.8 Å². The Bertz CT molecular complexity index is 940. The van der Waals surface area contributed by atoms with E-state index in [-0.39, 0.29) is 12.6 Å². The summed E-state index contributed by atoms with van der Waals surface area (Å²) >= 11 is 12.3. The second kappa shape index (κ2) is 7.13. The monoisotopic (exact) mass is 376 g/mol. The Hall–Kier alpha value is -2.57. The summed E-state index contributed by atoms with van der Waals surface area (Å²) in [5.74, 6) is -0.330. The highest BCUT2D eigenvalue weighted by Gasteiger charge is 2.21. The van der Waals surface area contributed by atoms with Crippen LogP contribution in [0.25, 0.3) is 22.6 Å². The molecule has 0 spiro atoms. The molecule has 0 saturated carbocycles. The van der Waals surface area contributed by atoms with Crippen molar-refractivity contribution in [3.63, 3.8) is 0 Å². The molecule has 0 aliphatic rings. The van der Waals surface area contributed by atoms with E-state index in [0.29, 0.717) is 38.3 Å². The molecule has 0 unspecified atom stereocenters. The van der Waals surface area contributed by atoms with E-state index in [0.717, 1.165) is 0 Å². The van der Waals surface area contributed by atoms with Crippen molar-refractivity contribution in [1.29, 1.82) is 0 Å². The Morgan fingerprint density at radius 3 is 2.76 bits per heavy atom. The molecule has 0 bridgehead atoms. The number of benzene rings is 1. The molecule has 0 atom stereocenters. The Balaban J connectivity index is 2.17. The van der Waals surface area contributed by atoms with E-state index >= 15 is 0 Å². The van der Waals surface area contributed by atoms with Crippen LogP contribution in [0.2, 0.25) is 10.0 Å². The lowest BCUT2D eigenvalue weighted by atomic mass is 10.1. The number of halogens is 2. The predicted octanol–water partition coefficient (Wildman–Crippen LogP) is 4.20. The summed E-state index contributed by atoms with van der Waals surface area (Å²) in [6.07, 6.45) is 1.54. The number of nitrogen functional groups attached to an aromatic ring is 1. The van der Waals surface area contributed by atoms with Crippen LogP contribution in [0.1, 0.15) is 17.3 Å². The van der Waals surface area contributed by atoms with Gasteiger partial charge in [-0.3, -0.25) is 0 Å². The molecule has 25 heavy (non-hydrogen) atoms. The summed E-state index contributed by atoms with van der Waals surface area (Å²) < 4.78 is 5.14. The molecule has 3 N–H and O–H groups in total. The Kier molecular flexibility index (Phi) is 4.92. The molecule has 0 radical (unpaired) electrons. The first-order valence-electron chi connectivity index (χ1n) is 7.44. The fourth-order valence-corrected chi connectivity index (χ4v) is 2.89. The molecule has 2 heterocycles. The summed E-state index contributed by atoms with van der Waals surface area (Å²) in [6.45, 7) is 2.00. The lowest BCUT2D eigenvalue weighted by Crippen LogP contribution is -2.05. The average molecular weight is 377 g/mol. The molecular weight excluding hydrogens is 363 g/mol. The number of aromatic nitrogens is 3. The maximum absolute atomic E-state index is 12.4. The number of hydrogen-bond acceptors (Lipinski definition) is 5. The van der Waals surface area contributed by atoms with E-state index < -0.39 is 5.97 Å². The third-order valence-electron chi connectivity index (χ3n) is 3.46.